The van der Waals surface area contributed by atoms with E-state index in [0.29, 0.717) is 31.5 Å². The van der Waals surface area contributed by atoms with Crippen molar-refractivity contribution in [3.05, 3.63) is 29.6 Å². The molecule has 3 heterocycles. The number of halogens is 1. The van der Waals surface area contributed by atoms with Crippen LogP contribution in [-0.2, 0) is 19.6 Å². The summed E-state index contributed by atoms with van der Waals surface area (Å²) in [5.41, 5.74) is -0.0343. The Balaban J connectivity index is 1.45. The minimum absolute atomic E-state index is 0.0156. The number of sulfonamides is 1. The van der Waals surface area contributed by atoms with Gasteiger partial charge in [-0.25, -0.2) is 12.8 Å². The van der Waals surface area contributed by atoms with E-state index in [1.54, 1.807) is 6.92 Å². The monoisotopic (exact) mass is 424 g/mol. The average molecular weight is 425 g/mol. The minimum atomic E-state index is -3.76. The predicted octanol–water partition coefficient (Wildman–Crippen LogP) is 2.70. The van der Waals surface area contributed by atoms with Crippen molar-refractivity contribution in [3.8, 4) is 0 Å². The first-order valence-corrected chi connectivity index (χ1v) is 11.9. The van der Waals surface area contributed by atoms with E-state index >= 15 is 0 Å². The Morgan fingerprint density at radius 1 is 1.21 bits per heavy atom. The van der Waals surface area contributed by atoms with Crippen LogP contribution in [0.25, 0.3) is 0 Å². The molecular weight excluding hydrogens is 395 g/mol. The number of ether oxygens (including phenoxy) is 1. The van der Waals surface area contributed by atoms with Crippen LogP contribution in [0.5, 0.6) is 0 Å². The molecule has 0 saturated carbocycles. The van der Waals surface area contributed by atoms with E-state index in [1.807, 2.05) is 11.8 Å². The highest BCUT2D eigenvalue weighted by atomic mass is 32.2. The fourth-order valence-corrected chi connectivity index (χ4v) is 6.41. The maximum Gasteiger partial charge on any atom is 0.251 e. The third-order valence-electron chi connectivity index (χ3n) is 6.84. The van der Waals surface area contributed by atoms with Crippen LogP contribution in [0.4, 0.5) is 4.39 Å². The summed E-state index contributed by atoms with van der Waals surface area (Å²) in [7, 11) is -3.76. The molecule has 3 aliphatic heterocycles. The molecule has 3 fully saturated rings. The highest BCUT2D eigenvalue weighted by Crippen LogP contribution is 2.43. The Kier molecular flexibility index (Phi) is 5.46. The number of aryl methyl sites for hydroxylation is 1. The molecule has 3 atom stereocenters. The van der Waals surface area contributed by atoms with Crippen molar-refractivity contribution in [2.45, 2.75) is 62.6 Å². The number of hydrogen-bond acceptors (Lipinski definition) is 4. The van der Waals surface area contributed by atoms with E-state index in [2.05, 4.69) is 0 Å². The molecule has 0 N–H and O–H groups in total. The first-order valence-electron chi connectivity index (χ1n) is 10.5. The molecular formula is C21H29FN2O4S. The Hall–Kier alpha value is -1.51. The third kappa shape index (κ3) is 3.70. The number of likely N-dealkylation sites (tertiary alicyclic amines) is 1. The molecule has 0 bridgehead atoms. The average Bonchev–Trinajstić information content (AvgIpc) is 3.36. The summed E-state index contributed by atoms with van der Waals surface area (Å²) in [6.07, 6.45) is 3.69. The van der Waals surface area contributed by atoms with Gasteiger partial charge in [-0.05, 0) is 62.6 Å². The zero-order valence-corrected chi connectivity index (χ0v) is 17.9. The van der Waals surface area contributed by atoms with Crippen LogP contribution in [-0.4, -0.2) is 61.4 Å². The standard InChI is InChI=1S/C21H29FN2O4S/c1-15-5-6-17(13-18(15)22)29(26,27)24-12-9-21(16(2)14-24)8-7-19(28-21)20(25)23-10-3-4-11-23/h5-6,13,16,19H,3-4,7-12,14H2,1-2H3/t16-,19-,21+/m0/s1. The molecule has 0 unspecified atom stereocenters. The molecule has 0 radical (unpaired) electrons. The summed E-state index contributed by atoms with van der Waals surface area (Å²) in [6, 6.07) is 4.04. The molecule has 1 aromatic carbocycles. The first-order chi connectivity index (χ1) is 13.7. The number of nitrogens with zero attached hydrogens (tertiary/aromatic N) is 2. The Morgan fingerprint density at radius 2 is 1.93 bits per heavy atom. The number of rotatable bonds is 3. The molecule has 8 heteroatoms. The van der Waals surface area contributed by atoms with E-state index in [9.17, 15) is 17.6 Å². The van der Waals surface area contributed by atoms with Crippen LogP contribution >= 0.6 is 0 Å². The molecule has 1 amide bonds. The van der Waals surface area contributed by atoms with Gasteiger partial charge in [0, 0.05) is 26.2 Å². The number of hydrogen-bond donors (Lipinski definition) is 0. The quantitative estimate of drug-likeness (QED) is 0.748. The lowest BCUT2D eigenvalue weighted by molar-refractivity contribution is -0.154. The number of amides is 1. The van der Waals surface area contributed by atoms with Gasteiger partial charge in [-0.2, -0.15) is 4.31 Å². The fourth-order valence-electron chi connectivity index (χ4n) is 4.86. The van der Waals surface area contributed by atoms with Crippen LogP contribution < -0.4 is 0 Å². The molecule has 1 spiro atoms. The molecule has 29 heavy (non-hydrogen) atoms. The van der Waals surface area contributed by atoms with Gasteiger partial charge in [0.2, 0.25) is 10.0 Å². The molecule has 1 aromatic rings. The third-order valence-corrected chi connectivity index (χ3v) is 8.70. The van der Waals surface area contributed by atoms with Crippen molar-refractivity contribution in [1.82, 2.24) is 9.21 Å². The van der Waals surface area contributed by atoms with E-state index in [4.69, 9.17) is 4.74 Å². The molecule has 6 nitrogen and oxygen atoms in total. The maximum atomic E-state index is 13.9. The van der Waals surface area contributed by atoms with Crippen molar-refractivity contribution >= 4 is 15.9 Å². The second-order valence-corrected chi connectivity index (χ2v) is 10.6. The maximum absolute atomic E-state index is 13.9. The van der Waals surface area contributed by atoms with Crippen LogP contribution in [0.15, 0.2) is 23.1 Å². The fraction of sp³-hybridized carbons (Fsp3) is 0.667. The van der Waals surface area contributed by atoms with Crippen molar-refractivity contribution in [3.63, 3.8) is 0 Å². The van der Waals surface area contributed by atoms with Crippen molar-refractivity contribution in [2.75, 3.05) is 26.2 Å². The topological polar surface area (TPSA) is 66.9 Å². The van der Waals surface area contributed by atoms with Crippen LogP contribution in [0.2, 0.25) is 0 Å². The van der Waals surface area contributed by atoms with E-state index in [1.165, 1.54) is 16.4 Å². The summed E-state index contributed by atoms with van der Waals surface area (Å²) in [6.45, 7) is 5.83. The van der Waals surface area contributed by atoms with Crippen molar-refractivity contribution < 1.29 is 22.3 Å². The van der Waals surface area contributed by atoms with Crippen molar-refractivity contribution in [1.29, 1.82) is 0 Å². The molecule has 160 valence electrons. The van der Waals surface area contributed by atoms with E-state index < -0.39 is 27.5 Å². The lowest BCUT2D eigenvalue weighted by Gasteiger charge is -2.43. The van der Waals surface area contributed by atoms with Gasteiger partial charge in [-0.1, -0.05) is 13.0 Å². The largest absolute Gasteiger partial charge is 0.362 e. The molecule has 0 aromatic heterocycles. The second-order valence-electron chi connectivity index (χ2n) is 8.67. The summed E-state index contributed by atoms with van der Waals surface area (Å²) in [5.74, 6) is -0.482. The SMILES string of the molecule is Cc1ccc(S(=O)(=O)N2CC[C@]3(CC[C@@H](C(=O)N4CCCC4)O3)[C@@H](C)C2)cc1F. The molecule has 3 aliphatic rings. The number of piperidine rings is 1. The normalized spacial score (nSPS) is 30.9. The highest BCUT2D eigenvalue weighted by molar-refractivity contribution is 7.89. The summed E-state index contributed by atoms with van der Waals surface area (Å²) in [4.78, 5) is 14.6. The van der Waals surface area contributed by atoms with Crippen LogP contribution in [0.3, 0.4) is 0 Å². The minimum Gasteiger partial charge on any atom is -0.362 e. The van der Waals surface area contributed by atoms with Gasteiger partial charge in [-0.3, -0.25) is 4.79 Å². The summed E-state index contributed by atoms with van der Waals surface area (Å²) in [5, 5.41) is 0. The predicted molar refractivity (Wildman–Crippen MR) is 106 cm³/mol. The second kappa shape index (κ2) is 7.63. The van der Waals surface area contributed by atoms with Gasteiger partial charge in [0.1, 0.15) is 11.9 Å². The first kappa shape index (κ1) is 20.8. The van der Waals surface area contributed by atoms with Gasteiger partial charge >= 0.3 is 0 Å². The van der Waals surface area contributed by atoms with E-state index in [-0.39, 0.29) is 16.7 Å². The van der Waals surface area contributed by atoms with Gasteiger partial charge in [0.05, 0.1) is 10.5 Å². The van der Waals surface area contributed by atoms with Gasteiger partial charge in [-0.15, -0.1) is 0 Å². The molecule has 4 rings (SSSR count). The van der Waals surface area contributed by atoms with Gasteiger partial charge in [0.15, 0.2) is 0 Å². The van der Waals surface area contributed by atoms with Gasteiger partial charge < -0.3 is 9.64 Å². The molecule has 0 aliphatic carbocycles. The smallest absolute Gasteiger partial charge is 0.251 e. The Labute approximate surface area is 172 Å². The Morgan fingerprint density at radius 3 is 2.59 bits per heavy atom. The number of carbonyl (C=O) groups excluding carboxylic acids is 1. The summed E-state index contributed by atoms with van der Waals surface area (Å²) >= 11 is 0. The zero-order valence-electron chi connectivity index (χ0n) is 17.1. The van der Waals surface area contributed by atoms with Gasteiger partial charge in [0.25, 0.3) is 5.91 Å². The lowest BCUT2D eigenvalue weighted by atomic mass is 9.81. The molecule has 3 saturated heterocycles. The Bertz CT molecular complexity index is 900. The van der Waals surface area contributed by atoms with Crippen LogP contribution in [0, 0.1) is 18.7 Å². The zero-order chi connectivity index (χ0) is 20.8. The van der Waals surface area contributed by atoms with E-state index in [0.717, 1.165) is 38.4 Å². The lowest BCUT2D eigenvalue weighted by Crippen LogP contribution is -2.53. The highest BCUT2D eigenvalue weighted by Gasteiger charge is 2.51. The number of carbonyl (C=O) groups is 1. The van der Waals surface area contributed by atoms with Crippen LogP contribution in [0.1, 0.15) is 44.6 Å². The number of benzene rings is 1. The summed E-state index contributed by atoms with van der Waals surface area (Å²) < 4.78 is 47.6. The van der Waals surface area contributed by atoms with Crippen molar-refractivity contribution in [2.24, 2.45) is 5.92 Å².